The lowest BCUT2D eigenvalue weighted by atomic mass is 9.99. The highest BCUT2D eigenvalue weighted by Gasteiger charge is 2.24. The summed E-state index contributed by atoms with van der Waals surface area (Å²) in [6, 6.07) is 13.5. The summed E-state index contributed by atoms with van der Waals surface area (Å²) in [5, 5.41) is 0. The first kappa shape index (κ1) is 24.4. The van der Waals surface area contributed by atoms with Gasteiger partial charge in [-0.2, -0.15) is 4.31 Å². The fraction of sp³-hybridized carbons (Fsp3) is 0.462. The summed E-state index contributed by atoms with van der Waals surface area (Å²) < 4.78 is 29.5. The predicted octanol–water partition coefficient (Wildman–Crippen LogP) is 3.99. The first-order valence-electron chi connectivity index (χ1n) is 12.2. The lowest BCUT2D eigenvalue weighted by molar-refractivity contribution is -0.132. The minimum absolute atomic E-state index is 0.134. The Morgan fingerprint density at radius 1 is 1.06 bits per heavy atom. The van der Waals surface area contributed by atoms with Gasteiger partial charge in [0.15, 0.2) is 0 Å². The van der Waals surface area contributed by atoms with E-state index in [-0.39, 0.29) is 10.8 Å². The molecule has 1 amide bonds. The van der Waals surface area contributed by atoms with Crippen LogP contribution in [0.5, 0.6) is 0 Å². The molecule has 0 saturated carbocycles. The molecular weight excluding hydrogens is 448 g/mol. The van der Waals surface area contributed by atoms with Crippen LogP contribution in [-0.4, -0.2) is 52.7 Å². The van der Waals surface area contributed by atoms with Crippen molar-refractivity contribution < 1.29 is 13.2 Å². The summed E-state index contributed by atoms with van der Waals surface area (Å²) >= 11 is 0. The number of imidazole rings is 1. The van der Waals surface area contributed by atoms with Crippen molar-refractivity contribution in [3.63, 3.8) is 0 Å². The SMILES string of the molecule is CCCn1c(CCC(=O)N2CCc3ccccc3C2)nc2cc(S(=O)(=O)N(CC)CC)ccc21. The fourth-order valence-corrected chi connectivity index (χ4v) is 6.26. The van der Waals surface area contributed by atoms with Crippen LogP contribution in [0.3, 0.4) is 0 Å². The molecule has 3 aromatic rings. The molecule has 0 saturated heterocycles. The van der Waals surface area contributed by atoms with Crippen LogP contribution in [-0.2, 0) is 40.7 Å². The smallest absolute Gasteiger partial charge is 0.243 e. The Balaban J connectivity index is 1.55. The van der Waals surface area contributed by atoms with Crippen molar-refractivity contribution >= 4 is 27.0 Å². The van der Waals surface area contributed by atoms with Crippen LogP contribution in [0.2, 0.25) is 0 Å². The molecule has 0 atom stereocenters. The van der Waals surface area contributed by atoms with E-state index in [0.29, 0.717) is 38.0 Å². The number of nitrogens with zero attached hydrogens (tertiary/aromatic N) is 4. The van der Waals surface area contributed by atoms with Gasteiger partial charge in [0.1, 0.15) is 5.82 Å². The Kier molecular flexibility index (Phi) is 7.38. The van der Waals surface area contributed by atoms with Crippen LogP contribution < -0.4 is 0 Å². The van der Waals surface area contributed by atoms with E-state index in [1.54, 1.807) is 12.1 Å². The first-order chi connectivity index (χ1) is 16.4. The Morgan fingerprint density at radius 3 is 2.50 bits per heavy atom. The number of aryl methyl sites for hydroxylation is 2. The van der Waals surface area contributed by atoms with Gasteiger partial charge in [-0.05, 0) is 42.2 Å². The van der Waals surface area contributed by atoms with Crippen molar-refractivity contribution in [3.8, 4) is 0 Å². The summed E-state index contributed by atoms with van der Waals surface area (Å²) in [6.07, 6.45) is 2.73. The van der Waals surface area contributed by atoms with E-state index in [1.165, 1.54) is 15.4 Å². The van der Waals surface area contributed by atoms with Crippen LogP contribution in [0.1, 0.15) is 50.6 Å². The molecule has 2 aromatic carbocycles. The van der Waals surface area contributed by atoms with Gasteiger partial charge in [0.25, 0.3) is 0 Å². The van der Waals surface area contributed by atoms with E-state index >= 15 is 0 Å². The van der Waals surface area contributed by atoms with Crippen molar-refractivity contribution in [1.29, 1.82) is 0 Å². The largest absolute Gasteiger partial charge is 0.338 e. The molecule has 7 nitrogen and oxygen atoms in total. The minimum atomic E-state index is -3.55. The summed E-state index contributed by atoms with van der Waals surface area (Å²) in [4.78, 5) is 20.0. The maximum Gasteiger partial charge on any atom is 0.243 e. The molecule has 182 valence electrons. The first-order valence-corrected chi connectivity index (χ1v) is 13.7. The number of hydrogen-bond acceptors (Lipinski definition) is 4. The highest BCUT2D eigenvalue weighted by molar-refractivity contribution is 7.89. The van der Waals surface area contributed by atoms with E-state index in [2.05, 4.69) is 23.6 Å². The monoisotopic (exact) mass is 482 g/mol. The number of sulfonamides is 1. The number of carbonyl (C=O) groups is 1. The molecule has 0 radical (unpaired) electrons. The molecule has 0 spiro atoms. The molecule has 0 unspecified atom stereocenters. The third-order valence-electron chi connectivity index (χ3n) is 6.63. The lowest BCUT2D eigenvalue weighted by Crippen LogP contribution is -2.36. The Hall–Kier alpha value is -2.71. The zero-order chi connectivity index (χ0) is 24.3. The number of amides is 1. The zero-order valence-electron chi connectivity index (χ0n) is 20.3. The highest BCUT2D eigenvalue weighted by atomic mass is 32.2. The fourth-order valence-electron chi connectivity index (χ4n) is 4.78. The van der Waals surface area contributed by atoms with Crippen molar-refractivity contribution in [1.82, 2.24) is 18.8 Å². The Bertz CT molecular complexity index is 1280. The standard InChI is InChI=1S/C26H34N4O3S/c1-4-16-30-24-12-11-22(34(32,33)29(5-2)6-3)18-23(24)27-25(30)13-14-26(31)28-17-15-20-9-7-8-10-21(20)19-28/h7-12,18H,4-6,13-17,19H2,1-3H3. The van der Waals surface area contributed by atoms with Gasteiger partial charge in [-0.1, -0.05) is 45.0 Å². The molecule has 0 bridgehead atoms. The third-order valence-corrected chi connectivity index (χ3v) is 8.68. The van der Waals surface area contributed by atoms with Crippen LogP contribution in [0.4, 0.5) is 0 Å². The van der Waals surface area contributed by atoms with Gasteiger partial charge in [-0.25, -0.2) is 13.4 Å². The van der Waals surface area contributed by atoms with Crippen molar-refractivity contribution in [2.75, 3.05) is 19.6 Å². The molecule has 1 aliphatic rings. The molecule has 1 aliphatic heterocycles. The van der Waals surface area contributed by atoms with Gasteiger partial charge in [0, 0.05) is 45.6 Å². The molecular formula is C26H34N4O3S. The maximum atomic E-state index is 13.0. The van der Waals surface area contributed by atoms with Crippen molar-refractivity contribution in [3.05, 3.63) is 59.4 Å². The molecule has 2 heterocycles. The van der Waals surface area contributed by atoms with Crippen molar-refractivity contribution in [2.45, 2.75) is 64.4 Å². The number of aromatic nitrogens is 2. The van der Waals surface area contributed by atoms with Crippen LogP contribution in [0, 0.1) is 0 Å². The number of benzene rings is 2. The minimum Gasteiger partial charge on any atom is -0.338 e. The number of fused-ring (bicyclic) bond motifs is 2. The van der Waals surface area contributed by atoms with Gasteiger partial charge in [-0.3, -0.25) is 4.79 Å². The van der Waals surface area contributed by atoms with E-state index in [4.69, 9.17) is 4.98 Å². The number of hydrogen-bond donors (Lipinski definition) is 0. The normalized spacial score (nSPS) is 14.1. The second kappa shape index (κ2) is 10.3. The quantitative estimate of drug-likeness (QED) is 0.462. The van der Waals surface area contributed by atoms with Crippen LogP contribution in [0.25, 0.3) is 11.0 Å². The average molecular weight is 483 g/mol. The van der Waals surface area contributed by atoms with E-state index in [1.807, 2.05) is 36.9 Å². The van der Waals surface area contributed by atoms with Gasteiger partial charge in [0.05, 0.1) is 15.9 Å². The molecule has 4 rings (SSSR count). The molecule has 8 heteroatoms. The second-order valence-electron chi connectivity index (χ2n) is 8.75. The van der Waals surface area contributed by atoms with E-state index in [9.17, 15) is 13.2 Å². The van der Waals surface area contributed by atoms with Crippen LogP contribution in [0.15, 0.2) is 47.4 Å². The van der Waals surface area contributed by atoms with Gasteiger partial charge < -0.3 is 9.47 Å². The second-order valence-corrected chi connectivity index (χ2v) is 10.7. The number of rotatable bonds is 9. The number of carbonyl (C=O) groups excluding carboxylic acids is 1. The average Bonchev–Trinajstić information content (AvgIpc) is 3.19. The Morgan fingerprint density at radius 2 is 1.79 bits per heavy atom. The van der Waals surface area contributed by atoms with Gasteiger partial charge in [0.2, 0.25) is 15.9 Å². The van der Waals surface area contributed by atoms with Gasteiger partial charge in [-0.15, -0.1) is 0 Å². The summed E-state index contributed by atoms with van der Waals surface area (Å²) in [7, 11) is -3.55. The summed E-state index contributed by atoms with van der Waals surface area (Å²) in [5.41, 5.74) is 4.12. The third kappa shape index (κ3) is 4.74. The van der Waals surface area contributed by atoms with Crippen molar-refractivity contribution in [2.24, 2.45) is 0 Å². The molecule has 0 N–H and O–H groups in total. The highest BCUT2D eigenvalue weighted by Crippen LogP contribution is 2.25. The molecule has 0 fully saturated rings. The summed E-state index contributed by atoms with van der Waals surface area (Å²) in [5.74, 6) is 0.967. The maximum absolute atomic E-state index is 13.0. The van der Waals surface area contributed by atoms with E-state index in [0.717, 1.165) is 37.3 Å². The zero-order valence-corrected chi connectivity index (χ0v) is 21.1. The summed E-state index contributed by atoms with van der Waals surface area (Å²) in [6.45, 7) is 8.81. The molecule has 1 aromatic heterocycles. The topological polar surface area (TPSA) is 75.5 Å². The molecule has 0 aliphatic carbocycles. The predicted molar refractivity (Wildman–Crippen MR) is 134 cm³/mol. The lowest BCUT2D eigenvalue weighted by Gasteiger charge is -2.29. The van der Waals surface area contributed by atoms with E-state index < -0.39 is 10.0 Å². The molecule has 34 heavy (non-hydrogen) atoms. The Labute approximate surface area is 202 Å². The van der Waals surface area contributed by atoms with Gasteiger partial charge >= 0.3 is 0 Å². The van der Waals surface area contributed by atoms with Crippen LogP contribution >= 0.6 is 0 Å².